The molecule has 152 valence electrons. The molecule has 1 aliphatic carbocycles. The molecule has 1 heterocycles. The van der Waals surface area contributed by atoms with Crippen LogP contribution in [0.15, 0.2) is 24.3 Å². The zero-order valence-corrected chi connectivity index (χ0v) is 16.5. The molecule has 2 fully saturated rings. The minimum Gasteiger partial charge on any atom is -0.508 e. The van der Waals surface area contributed by atoms with Gasteiger partial charge in [-0.25, -0.2) is 0 Å². The molecule has 0 spiro atoms. The van der Waals surface area contributed by atoms with Gasteiger partial charge in [0.25, 0.3) is 0 Å². The van der Waals surface area contributed by atoms with Gasteiger partial charge in [-0.3, -0.25) is 0 Å². The minimum absolute atomic E-state index is 0.311. The molecule has 3 rings (SSSR count). The van der Waals surface area contributed by atoms with E-state index in [4.69, 9.17) is 0 Å². The summed E-state index contributed by atoms with van der Waals surface area (Å²) in [6, 6.07) is 9.12. The Morgan fingerprint density at radius 1 is 0.778 bits per heavy atom. The second kappa shape index (κ2) is 11.6. The molecular weight excluding hydrogens is 338 g/mol. The molecule has 1 aliphatic heterocycles. The summed E-state index contributed by atoms with van der Waals surface area (Å²) in [5, 5.41) is 28.4. The van der Waals surface area contributed by atoms with Gasteiger partial charge in [-0.15, -0.1) is 0 Å². The van der Waals surface area contributed by atoms with Gasteiger partial charge >= 0.3 is 0 Å². The molecule has 1 aromatic carbocycles. The van der Waals surface area contributed by atoms with Gasteiger partial charge in [-0.05, 0) is 30.9 Å². The SMILES string of the molecule is Oc1ccccc1C[C@@H]1CN[C@@H]2CCCC[C@H]2NCCNCCNCCN1. The average molecular weight is 376 g/mol. The topological polar surface area (TPSA) is 80.4 Å². The Morgan fingerprint density at radius 2 is 1.41 bits per heavy atom. The van der Waals surface area contributed by atoms with E-state index in [2.05, 4.69) is 26.6 Å². The lowest BCUT2D eigenvalue weighted by molar-refractivity contribution is 0.275. The summed E-state index contributed by atoms with van der Waals surface area (Å²) in [5.41, 5.74) is 1.02. The van der Waals surface area contributed by atoms with Crippen LogP contribution in [0.25, 0.3) is 0 Å². The van der Waals surface area contributed by atoms with Crippen molar-refractivity contribution in [1.29, 1.82) is 0 Å². The highest BCUT2D eigenvalue weighted by molar-refractivity contribution is 5.32. The van der Waals surface area contributed by atoms with Gasteiger partial charge in [0.2, 0.25) is 0 Å². The highest BCUT2D eigenvalue weighted by Gasteiger charge is 2.25. The lowest BCUT2D eigenvalue weighted by Crippen LogP contribution is -2.54. The van der Waals surface area contributed by atoms with Gasteiger partial charge in [0.15, 0.2) is 0 Å². The molecule has 0 bridgehead atoms. The summed E-state index contributed by atoms with van der Waals surface area (Å²) >= 11 is 0. The van der Waals surface area contributed by atoms with Crippen LogP contribution < -0.4 is 26.6 Å². The molecule has 1 aromatic rings. The Balaban J connectivity index is 1.61. The van der Waals surface area contributed by atoms with Crippen molar-refractivity contribution in [3.05, 3.63) is 29.8 Å². The zero-order valence-electron chi connectivity index (χ0n) is 16.5. The van der Waals surface area contributed by atoms with Crippen LogP contribution in [0.3, 0.4) is 0 Å². The van der Waals surface area contributed by atoms with Crippen LogP contribution >= 0.6 is 0 Å². The van der Waals surface area contributed by atoms with E-state index in [0.29, 0.717) is 23.9 Å². The quantitative estimate of drug-likeness (QED) is 0.454. The number of phenols is 1. The maximum Gasteiger partial charge on any atom is 0.118 e. The normalized spacial score (nSPS) is 29.3. The first-order valence-corrected chi connectivity index (χ1v) is 10.7. The second-order valence-electron chi connectivity index (χ2n) is 7.84. The van der Waals surface area contributed by atoms with Gasteiger partial charge < -0.3 is 31.7 Å². The van der Waals surface area contributed by atoms with Crippen molar-refractivity contribution < 1.29 is 5.11 Å². The Labute approximate surface area is 163 Å². The van der Waals surface area contributed by atoms with Crippen molar-refractivity contribution in [1.82, 2.24) is 26.6 Å². The predicted octanol–water partition coefficient (Wildman–Crippen LogP) is 0.576. The van der Waals surface area contributed by atoms with E-state index in [9.17, 15) is 5.11 Å². The molecule has 2 aliphatic rings. The number of hydrogen-bond acceptors (Lipinski definition) is 6. The van der Waals surface area contributed by atoms with E-state index in [1.807, 2.05) is 18.2 Å². The van der Waals surface area contributed by atoms with Crippen LogP contribution in [-0.2, 0) is 6.42 Å². The fraction of sp³-hybridized carbons (Fsp3) is 0.714. The number of nitrogens with one attached hydrogen (secondary N) is 5. The fourth-order valence-corrected chi connectivity index (χ4v) is 4.22. The summed E-state index contributed by atoms with van der Waals surface area (Å²) in [6.45, 7) is 6.89. The molecule has 1 saturated carbocycles. The predicted molar refractivity (Wildman–Crippen MR) is 111 cm³/mol. The lowest BCUT2D eigenvalue weighted by Gasteiger charge is -2.34. The Kier molecular flexibility index (Phi) is 8.84. The molecule has 27 heavy (non-hydrogen) atoms. The summed E-state index contributed by atoms with van der Waals surface area (Å²) in [6.07, 6.45) is 5.99. The van der Waals surface area contributed by atoms with Crippen LogP contribution in [0.1, 0.15) is 31.2 Å². The average Bonchev–Trinajstić information content (AvgIpc) is 2.70. The molecule has 0 radical (unpaired) electrons. The van der Waals surface area contributed by atoms with E-state index in [0.717, 1.165) is 57.8 Å². The largest absolute Gasteiger partial charge is 0.508 e. The zero-order chi connectivity index (χ0) is 18.7. The summed E-state index contributed by atoms with van der Waals surface area (Å²) < 4.78 is 0. The minimum atomic E-state index is 0.311. The van der Waals surface area contributed by atoms with E-state index in [1.54, 1.807) is 6.07 Å². The van der Waals surface area contributed by atoms with E-state index >= 15 is 0 Å². The molecule has 6 N–H and O–H groups in total. The third kappa shape index (κ3) is 7.05. The maximum atomic E-state index is 10.2. The Morgan fingerprint density at radius 3 is 2.15 bits per heavy atom. The van der Waals surface area contributed by atoms with Gasteiger partial charge in [0.05, 0.1) is 0 Å². The summed E-state index contributed by atoms with van der Waals surface area (Å²) in [4.78, 5) is 0. The molecule has 0 aromatic heterocycles. The van der Waals surface area contributed by atoms with Crippen LogP contribution in [0.5, 0.6) is 5.75 Å². The van der Waals surface area contributed by atoms with Crippen molar-refractivity contribution in [2.75, 3.05) is 45.8 Å². The molecule has 6 nitrogen and oxygen atoms in total. The molecular formula is C21H37N5O. The van der Waals surface area contributed by atoms with Gasteiger partial charge in [0, 0.05) is 63.9 Å². The number of aromatic hydroxyl groups is 1. The van der Waals surface area contributed by atoms with Crippen molar-refractivity contribution >= 4 is 0 Å². The molecule has 6 heteroatoms. The standard InChI is InChI=1S/C21H37N5O/c27-21-8-4-1-5-17(21)15-18-16-26-20-7-3-2-6-19(20)25-14-12-23-10-9-22-11-13-24-18/h1,4-5,8,18-20,22-27H,2-3,6-7,9-16H2/t18-,19-,20-/m1/s1. The number of para-hydroxylation sites is 1. The van der Waals surface area contributed by atoms with Crippen LogP contribution in [0.2, 0.25) is 0 Å². The molecule has 0 amide bonds. The number of rotatable bonds is 2. The van der Waals surface area contributed by atoms with Crippen LogP contribution in [-0.4, -0.2) is 69.0 Å². The van der Waals surface area contributed by atoms with Crippen LogP contribution in [0, 0.1) is 0 Å². The molecule has 1 saturated heterocycles. The van der Waals surface area contributed by atoms with Gasteiger partial charge in [0.1, 0.15) is 5.75 Å². The van der Waals surface area contributed by atoms with E-state index in [1.165, 1.54) is 25.7 Å². The van der Waals surface area contributed by atoms with Crippen LogP contribution in [0.4, 0.5) is 0 Å². The molecule has 3 atom stereocenters. The summed E-state index contributed by atoms with van der Waals surface area (Å²) in [7, 11) is 0. The number of hydrogen-bond donors (Lipinski definition) is 6. The van der Waals surface area contributed by atoms with Gasteiger partial charge in [-0.2, -0.15) is 0 Å². The number of phenolic OH excluding ortho intramolecular Hbond substituents is 1. The van der Waals surface area contributed by atoms with E-state index < -0.39 is 0 Å². The van der Waals surface area contributed by atoms with Crippen molar-refractivity contribution in [3.8, 4) is 5.75 Å². The van der Waals surface area contributed by atoms with E-state index in [-0.39, 0.29) is 0 Å². The lowest BCUT2D eigenvalue weighted by atomic mass is 9.90. The number of benzene rings is 1. The monoisotopic (exact) mass is 375 g/mol. The Hall–Kier alpha value is -1.18. The Bertz CT molecular complexity index is 541. The highest BCUT2D eigenvalue weighted by Crippen LogP contribution is 2.20. The van der Waals surface area contributed by atoms with Crippen molar-refractivity contribution in [2.45, 2.75) is 50.2 Å². The first kappa shape index (κ1) is 20.6. The maximum absolute atomic E-state index is 10.2. The molecule has 0 unspecified atom stereocenters. The highest BCUT2D eigenvalue weighted by atomic mass is 16.3. The first-order chi connectivity index (χ1) is 13.3. The number of fused-ring (bicyclic) bond motifs is 1. The van der Waals surface area contributed by atoms with Crippen molar-refractivity contribution in [3.63, 3.8) is 0 Å². The first-order valence-electron chi connectivity index (χ1n) is 10.7. The third-order valence-corrected chi connectivity index (χ3v) is 5.77. The van der Waals surface area contributed by atoms with Gasteiger partial charge in [-0.1, -0.05) is 31.0 Å². The van der Waals surface area contributed by atoms with Crippen molar-refractivity contribution in [2.24, 2.45) is 0 Å². The summed E-state index contributed by atoms with van der Waals surface area (Å²) in [5.74, 6) is 0.400. The smallest absolute Gasteiger partial charge is 0.118 e. The second-order valence-corrected chi connectivity index (χ2v) is 7.84. The third-order valence-electron chi connectivity index (χ3n) is 5.77. The fourth-order valence-electron chi connectivity index (χ4n) is 4.22.